The second kappa shape index (κ2) is 7.18. The number of rotatable bonds is 6. The summed E-state index contributed by atoms with van der Waals surface area (Å²) in [5, 5.41) is 0.681. The van der Waals surface area contributed by atoms with Crippen molar-refractivity contribution < 1.29 is 4.74 Å². The molecule has 0 amide bonds. The number of ether oxygens (including phenoxy) is 1. The molecule has 0 saturated heterocycles. The second-order valence-corrected chi connectivity index (χ2v) is 5.37. The number of alkyl halides is 1. The summed E-state index contributed by atoms with van der Waals surface area (Å²) in [4.78, 5) is 0.391. The van der Waals surface area contributed by atoms with Gasteiger partial charge in [-0.3, -0.25) is 0 Å². The molecule has 1 atom stereocenters. The van der Waals surface area contributed by atoms with Gasteiger partial charge in [-0.2, -0.15) is 0 Å². The van der Waals surface area contributed by atoms with Crippen LogP contribution in [0.2, 0.25) is 5.02 Å². The van der Waals surface area contributed by atoms with E-state index in [0.29, 0.717) is 9.85 Å². The van der Waals surface area contributed by atoms with Crippen LogP contribution in [-0.4, -0.2) is 7.11 Å². The molecule has 1 aromatic carbocycles. The Morgan fingerprint density at radius 2 is 2.12 bits per heavy atom. The minimum absolute atomic E-state index is 0.391. The predicted octanol–water partition coefficient (Wildman–Crippen LogP) is 5.36. The minimum atomic E-state index is 0.391. The summed E-state index contributed by atoms with van der Waals surface area (Å²) in [7, 11) is 1.63. The third kappa shape index (κ3) is 3.99. The van der Waals surface area contributed by atoms with Crippen molar-refractivity contribution in [2.75, 3.05) is 7.11 Å². The van der Waals surface area contributed by atoms with Crippen LogP contribution in [0.5, 0.6) is 5.75 Å². The average molecular weight is 306 g/mol. The van der Waals surface area contributed by atoms with E-state index in [0.717, 1.165) is 12.2 Å². The van der Waals surface area contributed by atoms with Crippen molar-refractivity contribution in [2.24, 2.45) is 0 Å². The van der Waals surface area contributed by atoms with Gasteiger partial charge in [0.15, 0.2) is 0 Å². The van der Waals surface area contributed by atoms with E-state index >= 15 is 0 Å². The van der Waals surface area contributed by atoms with E-state index in [2.05, 4.69) is 28.9 Å². The molecule has 0 fully saturated rings. The molecule has 1 aromatic rings. The first kappa shape index (κ1) is 13.9. The fraction of sp³-hybridized carbons (Fsp3) is 0.538. The molecule has 0 spiro atoms. The SMILES string of the molecule is CCCCCC(Br)c1ccc(OC)c(Cl)c1. The van der Waals surface area contributed by atoms with Gasteiger partial charge in [0, 0.05) is 4.83 Å². The van der Waals surface area contributed by atoms with Crippen molar-refractivity contribution in [3.63, 3.8) is 0 Å². The summed E-state index contributed by atoms with van der Waals surface area (Å²) in [5.41, 5.74) is 1.22. The Morgan fingerprint density at radius 1 is 1.38 bits per heavy atom. The standard InChI is InChI=1S/C13H18BrClO/c1-3-4-5-6-11(14)10-7-8-13(16-2)12(15)9-10/h7-9,11H,3-6H2,1-2H3. The molecule has 0 saturated carbocycles. The summed E-state index contributed by atoms with van der Waals surface area (Å²) < 4.78 is 5.13. The molecular weight excluding hydrogens is 287 g/mol. The lowest BCUT2D eigenvalue weighted by Crippen LogP contribution is -1.92. The van der Waals surface area contributed by atoms with Crippen LogP contribution >= 0.6 is 27.5 Å². The van der Waals surface area contributed by atoms with Crippen molar-refractivity contribution >= 4 is 27.5 Å². The summed E-state index contributed by atoms with van der Waals surface area (Å²) in [5.74, 6) is 0.735. The van der Waals surface area contributed by atoms with Gasteiger partial charge in [0.05, 0.1) is 12.1 Å². The molecule has 0 N–H and O–H groups in total. The largest absolute Gasteiger partial charge is 0.495 e. The molecule has 0 heterocycles. The third-order valence-corrected chi connectivity index (χ3v) is 3.88. The van der Waals surface area contributed by atoms with Crippen molar-refractivity contribution in [3.05, 3.63) is 28.8 Å². The van der Waals surface area contributed by atoms with Crippen LogP contribution in [0, 0.1) is 0 Å². The van der Waals surface area contributed by atoms with E-state index in [1.54, 1.807) is 7.11 Å². The van der Waals surface area contributed by atoms with Crippen LogP contribution in [0.3, 0.4) is 0 Å². The van der Waals surface area contributed by atoms with Crippen molar-refractivity contribution in [1.82, 2.24) is 0 Å². The molecule has 0 aliphatic heterocycles. The van der Waals surface area contributed by atoms with Crippen LogP contribution in [-0.2, 0) is 0 Å². The van der Waals surface area contributed by atoms with Gasteiger partial charge in [-0.05, 0) is 24.1 Å². The quantitative estimate of drug-likeness (QED) is 0.507. The molecule has 90 valence electrons. The maximum absolute atomic E-state index is 6.09. The molecule has 1 unspecified atom stereocenters. The first-order valence-electron chi connectivity index (χ1n) is 5.66. The zero-order valence-electron chi connectivity index (χ0n) is 9.80. The topological polar surface area (TPSA) is 9.23 Å². The van der Waals surface area contributed by atoms with E-state index in [4.69, 9.17) is 16.3 Å². The Labute approximate surface area is 111 Å². The van der Waals surface area contributed by atoms with Crippen LogP contribution in [0.1, 0.15) is 43.0 Å². The number of unbranched alkanes of at least 4 members (excludes halogenated alkanes) is 2. The number of hydrogen-bond donors (Lipinski definition) is 0. The Bertz CT molecular complexity index is 328. The lowest BCUT2D eigenvalue weighted by atomic mass is 10.1. The van der Waals surface area contributed by atoms with Crippen LogP contribution in [0.4, 0.5) is 0 Å². The number of methoxy groups -OCH3 is 1. The van der Waals surface area contributed by atoms with Gasteiger partial charge in [-0.25, -0.2) is 0 Å². The first-order chi connectivity index (χ1) is 7.69. The Morgan fingerprint density at radius 3 is 2.69 bits per heavy atom. The van der Waals surface area contributed by atoms with E-state index in [1.165, 1.54) is 24.8 Å². The zero-order valence-corrected chi connectivity index (χ0v) is 12.1. The van der Waals surface area contributed by atoms with Gasteiger partial charge in [0.25, 0.3) is 0 Å². The van der Waals surface area contributed by atoms with Gasteiger partial charge in [0.2, 0.25) is 0 Å². The van der Waals surface area contributed by atoms with E-state index in [-0.39, 0.29) is 0 Å². The fourth-order valence-electron chi connectivity index (χ4n) is 1.62. The predicted molar refractivity (Wildman–Crippen MR) is 73.8 cm³/mol. The fourth-order valence-corrected chi connectivity index (χ4v) is 2.49. The molecular formula is C13H18BrClO. The number of halogens is 2. The van der Waals surface area contributed by atoms with Crippen LogP contribution in [0.15, 0.2) is 18.2 Å². The van der Waals surface area contributed by atoms with Gasteiger partial charge < -0.3 is 4.74 Å². The monoisotopic (exact) mass is 304 g/mol. The number of hydrogen-bond acceptors (Lipinski definition) is 1. The molecule has 0 aliphatic rings. The lowest BCUT2D eigenvalue weighted by molar-refractivity contribution is 0.415. The first-order valence-corrected chi connectivity index (χ1v) is 6.96. The summed E-state index contributed by atoms with van der Waals surface area (Å²) in [6.45, 7) is 2.22. The second-order valence-electron chi connectivity index (χ2n) is 3.86. The van der Waals surface area contributed by atoms with E-state index < -0.39 is 0 Å². The summed E-state index contributed by atoms with van der Waals surface area (Å²) in [6, 6.07) is 5.97. The van der Waals surface area contributed by atoms with E-state index in [1.807, 2.05) is 12.1 Å². The van der Waals surface area contributed by atoms with Gasteiger partial charge in [-0.1, -0.05) is 59.8 Å². The van der Waals surface area contributed by atoms with Crippen LogP contribution in [0.25, 0.3) is 0 Å². The van der Waals surface area contributed by atoms with Gasteiger partial charge in [-0.15, -0.1) is 0 Å². The maximum atomic E-state index is 6.09. The Kier molecular flexibility index (Phi) is 6.22. The average Bonchev–Trinajstić information content (AvgIpc) is 2.29. The van der Waals surface area contributed by atoms with Gasteiger partial charge in [0.1, 0.15) is 5.75 Å². The molecule has 3 heteroatoms. The molecule has 1 nitrogen and oxygen atoms in total. The van der Waals surface area contributed by atoms with Gasteiger partial charge >= 0.3 is 0 Å². The molecule has 0 aromatic heterocycles. The summed E-state index contributed by atoms with van der Waals surface area (Å²) >= 11 is 9.79. The Balaban J connectivity index is 2.62. The molecule has 0 radical (unpaired) electrons. The highest BCUT2D eigenvalue weighted by Crippen LogP contribution is 2.33. The molecule has 0 bridgehead atoms. The zero-order chi connectivity index (χ0) is 12.0. The highest BCUT2D eigenvalue weighted by atomic mass is 79.9. The van der Waals surface area contributed by atoms with E-state index in [9.17, 15) is 0 Å². The highest BCUT2D eigenvalue weighted by molar-refractivity contribution is 9.09. The smallest absolute Gasteiger partial charge is 0.137 e. The van der Waals surface area contributed by atoms with Crippen LogP contribution < -0.4 is 4.74 Å². The third-order valence-electron chi connectivity index (χ3n) is 2.60. The summed E-state index contributed by atoms with van der Waals surface area (Å²) in [6.07, 6.45) is 4.93. The molecule has 1 rings (SSSR count). The molecule has 0 aliphatic carbocycles. The van der Waals surface area contributed by atoms with Crippen molar-refractivity contribution in [3.8, 4) is 5.75 Å². The van der Waals surface area contributed by atoms with Crippen molar-refractivity contribution in [1.29, 1.82) is 0 Å². The molecule has 16 heavy (non-hydrogen) atoms. The lowest BCUT2D eigenvalue weighted by Gasteiger charge is -2.11. The normalized spacial score (nSPS) is 12.5. The maximum Gasteiger partial charge on any atom is 0.137 e. The minimum Gasteiger partial charge on any atom is -0.495 e. The number of benzene rings is 1. The van der Waals surface area contributed by atoms with Crippen molar-refractivity contribution in [2.45, 2.75) is 37.4 Å². The highest BCUT2D eigenvalue weighted by Gasteiger charge is 2.09. The Hall–Kier alpha value is -0.210.